The van der Waals surface area contributed by atoms with E-state index in [2.05, 4.69) is 83.8 Å². The maximum Gasteiger partial charge on any atom is -0.147 e. The molecular weight excluding hydrogens is 566 g/mol. The average Bonchev–Trinajstić information content (AvgIpc) is 3.10. The zero-order valence-electron chi connectivity index (χ0n) is 20.0. The van der Waals surface area contributed by atoms with Gasteiger partial charge in [-0.1, -0.05) is 0 Å². The van der Waals surface area contributed by atoms with Crippen LogP contribution in [0.3, 0.4) is 0 Å². The summed E-state index contributed by atoms with van der Waals surface area (Å²) in [4.78, 5) is 0. The molecule has 0 saturated carbocycles. The van der Waals surface area contributed by atoms with Crippen molar-refractivity contribution in [2.45, 2.75) is 90.4 Å². The fraction of sp³-hybridized carbons (Fsp3) is 0.667. The molecule has 0 N–H and O–H groups in total. The van der Waals surface area contributed by atoms with Crippen LogP contribution in [-0.2, 0) is 17.1 Å². The van der Waals surface area contributed by atoms with Gasteiger partial charge in [-0.2, -0.15) is 0 Å². The second-order valence-electron chi connectivity index (χ2n) is 11.6. The van der Waals surface area contributed by atoms with Crippen molar-refractivity contribution in [3.63, 3.8) is 0 Å². The fourth-order valence-electron chi connectivity index (χ4n) is 4.68. The summed E-state index contributed by atoms with van der Waals surface area (Å²) in [6.45, 7) is 21.5. The smallest absolute Gasteiger partial charge is 0.147 e. The second kappa shape index (κ2) is 9.01. The average molecular weight is 610 g/mol. The predicted molar refractivity (Wildman–Crippen MR) is 134 cm³/mol. The molecule has 28 heavy (non-hydrogen) atoms. The first-order chi connectivity index (χ1) is 11.6. The Kier molecular flexibility index (Phi) is 9.21. The minimum Gasteiger partial charge on any atom is -0.147 e. The van der Waals surface area contributed by atoms with Crippen LogP contribution < -0.4 is 0 Å². The molecule has 0 spiro atoms. The van der Waals surface area contributed by atoms with Crippen LogP contribution in [-0.4, -0.2) is 6.94 Å². The molecule has 0 amide bonds. The maximum atomic E-state index is 2.73. The molecular formula is C24H44Cl2HfSi. The van der Waals surface area contributed by atoms with Gasteiger partial charge >= 0.3 is 166 Å². The van der Waals surface area contributed by atoms with E-state index in [1.165, 1.54) is 25.7 Å². The Bertz CT molecular complexity index is 741. The van der Waals surface area contributed by atoms with Gasteiger partial charge in [0.15, 0.2) is 0 Å². The Balaban J connectivity index is 0.00000364. The van der Waals surface area contributed by atoms with Crippen molar-refractivity contribution in [3.05, 3.63) is 41.1 Å². The van der Waals surface area contributed by atoms with Crippen LogP contribution in [0, 0.1) is 10.8 Å². The van der Waals surface area contributed by atoms with Crippen LogP contribution in [0.1, 0.15) is 81.1 Å². The Labute approximate surface area is 190 Å². The van der Waals surface area contributed by atoms with Crippen molar-refractivity contribution in [2.75, 3.05) is 0 Å². The first-order valence-corrected chi connectivity index (χ1v) is 29.7. The van der Waals surface area contributed by atoms with E-state index in [1.807, 2.05) is 6.66 Å². The van der Waals surface area contributed by atoms with E-state index in [0.717, 1.165) is 0 Å². The third-order valence-electron chi connectivity index (χ3n) is 6.83. The molecule has 0 fully saturated rings. The number of hydrogen-bond donors (Lipinski definition) is 0. The minimum absolute atomic E-state index is 0. The van der Waals surface area contributed by atoms with Gasteiger partial charge in [0.2, 0.25) is 0 Å². The van der Waals surface area contributed by atoms with Crippen molar-refractivity contribution in [3.8, 4) is 0 Å². The van der Waals surface area contributed by atoms with Gasteiger partial charge in [0, 0.05) is 0 Å². The van der Waals surface area contributed by atoms with E-state index in [4.69, 9.17) is 0 Å². The molecule has 0 aliphatic heterocycles. The molecule has 0 bridgehead atoms. The second-order valence-corrected chi connectivity index (χ2v) is 52.6. The summed E-state index contributed by atoms with van der Waals surface area (Å²) in [6, 6.07) is 0. The van der Waals surface area contributed by atoms with Crippen LogP contribution in [0.5, 0.6) is 0 Å². The fourth-order valence-corrected chi connectivity index (χ4v) is 26.4. The molecule has 0 heterocycles. The quantitative estimate of drug-likeness (QED) is 0.282. The molecule has 0 saturated heterocycles. The molecule has 0 aromatic carbocycles. The predicted octanol–water partition coefficient (Wildman–Crippen LogP) is 8.24. The Morgan fingerprint density at radius 1 is 0.750 bits per heavy atom. The summed E-state index contributed by atoms with van der Waals surface area (Å²) in [5.74, 6) is 0. The molecule has 2 aliphatic rings. The largest absolute Gasteiger partial charge is 0.147 e. The maximum absolute atomic E-state index is 3.27. The Morgan fingerprint density at radius 3 is 1.25 bits per heavy atom. The van der Waals surface area contributed by atoms with Gasteiger partial charge in [-0.05, 0) is 0 Å². The summed E-state index contributed by atoms with van der Waals surface area (Å²) in [5, 5.41) is 0. The van der Waals surface area contributed by atoms with Crippen LogP contribution >= 0.6 is 24.8 Å². The van der Waals surface area contributed by atoms with E-state index < -0.39 is 17.1 Å². The van der Waals surface area contributed by atoms with Crippen LogP contribution in [0.4, 0.5) is 0 Å². The van der Waals surface area contributed by atoms with Gasteiger partial charge in [-0.15, -0.1) is 24.8 Å². The van der Waals surface area contributed by atoms with E-state index in [0.29, 0.717) is 0 Å². The summed E-state index contributed by atoms with van der Waals surface area (Å²) in [7, 11) is 0. The van der Waals surface area contributed by atoms with E-state index in [9.17, 15) is 0 Å². The van der Waals surface area contributed by atoms with Crippen molar-refractivity contribution in [2.24, 2.45) is 10.8 Å². The standard InChI is InChI=1S/2C11H17.2CH3.2ClH.Hf.H2Si/c2*1-5-9-6-7-10(8-9)11(2,3)4;;;;;;/h2*8H,5,7H2,1-4H3;2*1H3;2*1H;;1H2. The van der Waals surface area contributed by atoms with Crippen molar-refractivity contribution < 1.29 is 17.1 Å². The first-order valence-electron chi connectivity index (χ1n) is 10.5. The zero-order valence-corrected chi connectivity index (χ0v) is 26.6. The molecule has 2 rings (SSSR count). The number of rotatable bonds is 4. The van der Waals surface area contributed by atoms with Gasteiger partial charge in [0.1, 0.15) is 0 Å². The number of halogens is 2. The van der Waals surface area contributed by atoms with Gasteiger partial charge in [0.05, 0.1) is 0 Å². The molecule has 0 radical (unpaired) electrons. The molecule has 2 aliphatic carbocycles. The summed E-state index contributed by atoms with van der Waals surface area (Å²) in [5.41, 5.74) is 7.25. The summed E-state index contributed by atoms with van der Waals surface area (Å²) in [6.07, 6.45) is 10.0. The Hall–Kier alpha value is 0.627. The van der Waals surface area contributed by atoms with E-state index in [-0.39, 0.29) is 35.6 Å². The van der Waals surface area contributed by atoms with Gasteiger partial charge in [-0.3, -0.25) is 0 Å². The first kappa shape index (κ1) is 28.6. The number of hydrogen-bond acceptors (Lipinski definition) is 0. The third-order valence-corrected chi connectivity index (χ3v) is 31.3. The SMILES string of the molecule is CCC1=[C]([Hf]([CH3])([CH3])(=[SiH2])[C]2=C(CC)C=C(C(C)(C)C)C2)CC(C(C)(C)C)=C1.Cl.Cl. The molecule has 0 nitrogen and oxygen atoms in total. The van der Waals surface area contributed by atoms with Gasteiger partial charge < -0.3 is 0 Å². The Morgan fingerprint density at radius 2 is 1.04 bits per heavy atom. The molecule has 0 aromatic heterocycles. The molecule has 4 heteroatoms. The summed E-state index contributed by atoms with van der Waals surface area (Å²) >= 11 is -3.27. The summed E-state index contributed by atoms with van der Waals surface area (Å²) < 4.78 is 9.23. The molecule has 162 valence electrons. The number of allylic oxidation sites excluding steroid dienone is 8. The topological polar surface area (TPSA) is 0 Å². The van der Waals surface area contributed by atoms with Crippen LogP contribution in [0.2, 0.25) is 9.36 Å². The zero-order chi connectivity index (χ0) is 20.2. The van der Waals surface area contributed by atoms with Gasteiger partial charge in [-0.25, -0.2) is 0 Å². The van der Waals surface area contributed by atoms with Crippen LogP contribution in [0.15, 0.2) is 41.1 Å². The molecule has 0 unspecified atom stereocenters. The monoisotopic (exact) mass is 610 g/mol. The normalized spacial score (nSPS) is 18.7. The van der Waals surface area contributed by atoms with Crippen molar-refractivity contribution >= 4 is 31.8 Å². The molecule has 0 aromatic rings. The van der Waals surface area contributed by atoms with E-state index in [1.54, 1.807) is 22.3 Å². The third kappa shape index (κ3) is 5.45. The minimum atomic E-state index is -3.27. The van der Waals surface area contributed by atoms with Crippen LogP contribution in [0.25, 0.3) is 0 Å². The van der Waals surface area contributed by atoms with E-state index >= 15 is 0 Å². The van der Waals surface area contributed by atoms with Gasteiger partial charge in [0.25, 0.3) is 0 Å². The molecule has 0 atom stereocenters. The van der Waals surface area contributed by atoms with Crippen molar-refractivity contribution in [1.29, 1.82) is 0 Å². The van der Waals surface area contributed by atoms with Crippen molar-refractivity contribution in [1.82, 2.24) is 0 Å².